The molecule has 3 aromatic carbocycles. The fourth-order valence-corrected chi connectivity index (χ4v) is 2.87. The molecule has 0 aliphatic carbocycles. The first-order valence-electron chi connectivity index (χ1n) is 8.85. The second-order valence-electron chi connectivity index (χ2n) is 6.45. The van der Waals surface area contributed by atoms with Crippen molar-refractivity contribution in [3.8, 4) is 0 Å². The Kier molecular flexibility index (Phi) is 5.67. The molecule has 0 saturated heterocycles. The molecule has 4 heteroatoms. The molecule has 0 aliphatic rings. The van der Waals surface area contributed by atoms with E-state index in [0.717, 1.165) is 16.7 Å². The van der Waals surface area contributed by atoms with Crippen LogP contribution in [0.25, 0.3) is 0 Å². The van der Waals surface area contributed by atoms with Gasteiger partial charge in [-0.25, -0.2) is 0 Å². The third-order valence-corrected chi connectivity index (χ3v) is 4.50. The van der Waals surface area contributed by atoms with Crippen molar-refractivity contribution in [1.29, 1.82) is 0 Å². The number of hydrogen-bond donors (Lipinski definition) is 2. The number of anilines is 2. The standard InChI is InChI=1S/C23H22N2O2/c1-16-9-6-7-12-19(16)15-22(26)24-20-13-8-14-21(17(20)2)25-23(27)18-10-4-3-5-11-18/h3-14H,15H2,1-2H3,(H,24,26)(H,25,27). The van der Waals surface area contributed by atoms with E-state index in [4.69, 9.17) is 0 Å². The molecular formula is C23H22N2O2. The first kappa shape index (κ1) is 18.4. The summed E-state index contributed by atoms with van der Waals surface area (Å²) in [5.41, 5.74) is 4.87. The lowest BCUT2D eigenvalue weighted by Gasteiger charge is -2.14. The van der Waals surface area contributed by atoms with E-state index in [1.54, 1.807) is 12.1 Å². The van der Waals surface area contributed by atoms with Crippen molar-refractivity contribution in [3.05, 3.63) is 95.1 Å². The fraction of sp³-hybridized carbons (Fsp3) is 0.130. The van der Waals surface area contributed by atoms with E-state index < -0.39 is 0 Å². The van der Waals surface area contributed by atoms with Crippen LogP contribution in [0.5, 0.6) is 0 Å². The molecule has 2 amide bonds. The lowest BCUT2D eigenvalue weighted by Crippen LogP contribution is -2.17. The van der Waals surface area contributed by atoms with Crippen molar-refractivity contribution < 1.29 is 9.59 Å². The lowest BCUT2D eigenvalue weighted by molar-refractivity contribution is -0.115. The van der Waals surface area contributed by atoms with E-state index in [0.29, 0.717) is 23.4 Å². The van der Waals surface area contributed by atoms with Gasteiger partial charge >= 0.3 is 0 Å². The van der Waals surface area contributed by atoms with Crippen molar-refractivity contribution >= 4 is 23.2 Å². The molecule has 0 fully saturated rings. The molecule has 0 radical (unpaired) electrons. The number of aryl methyl sites for hydroxylation is 1. The monoisotopic (exact) mass is 358 g/mol. The van der Waals surface area contributed by atoms with Crippen LogP contribution in [-0.4, -0.2) is 11.8 Å². The molecule has 0 aliphatic heterocycles. The van der Waals surface area contributed by atoms with Crippen molar-refractivity contribution in [2.75, 3.05) is 10.6 Å². The first-order valence-corrected chi connectivity index (χ1v) is 8.85. The molecule has 3 rings (SSSR count). The largest absolute Gasteiger partial charge is 0.325 e. The number of rotatable bonds is 5. The zero-order valence-corrected chi connectivity index (χ0v) is 15.5. The van der Waals surface area contributed by atoms with Gasteiger partial charge < -0.3 is 10.6 Å². The predicted octanol–water partition coefficient (Wildman–Crippen LogP) is 4.74. The molecule has 0 spiro atoms. The van der Waals surface area contributed by atoms with E-state index in [-0.39, 0.29) is 11.8 Å². The number of nitrogens with one attached hydrogen (secondary N) is 2. The summed E-state index contributed by atoms with van der Waals surface area (Å²) in [5, 5.41) is 5.86. The van der Waals surface area contributed by atoms with Crippen LogP contribution in [0.15, 0.2) is 72.8 Å². The Balaban J connectivity index is 1.72. The molecule has 0 heterocycles. The number of amides is 2. The normalized spacial score (nSPS) is 10.3. The summed E-state index contributed by atoms with van der Waals surface area (Å²) in [6, 6.07) is 22.4. The molecule has 136 valence electrons. The lowest BCUT2D eigenvalue weighted by atomic mass is 10.1. The molecule has 2 N–H and O–H groups in total. The van der Waals surface area contributed by atoms with E-state index in [1.165, 1.54) is 0 Å². The second kappa shape index (κ2) is 8.32. The maximum atomic E-state index is 12.4. The molecule has 0 saturated carbocycles. The van der Waals surface area contributed by atoms with Crippen LogP contribution in [0, 0.1) is 13.8 Å². The van der Waals surface area contributed by atoms with E-state index in [9.17, 15) is 9.59 Å². The highest BCUT2D eigenvalue weighted by Crippen LogP contribution is 2.24. The summed E-state index contributed by atoms with van der Waals surface area (Å²) < 4.78 is 0. The van der Waals surface area contributed by atoms with Gasteiger partial charge in [0.1, 0.15) is 0 Å². The molecule has 3 aromatic rings. The molecule has 0 atom stereocenters. The number of carbonyl (C=O) groups excluding carboxylic acids is 2. The Morgan fingerprint density at radius 2 is 1.37 bits per heavy atom. The van der Waals surface area contributed by atoms with Crippen LogP contribution in [0.2, 0.25) is 0 Å². The van der Waals surface area contributed by atoms with Gasteiger partial charge in [0, 0.05) is 16.9 Å². The van der Waals surface area contributed by atoms with Crippen LogP contribution in [-0.2, 0) is 11.2 Å². The van der Waals surface area contributed by atoms with Crippen LogP contribution in [0.1, 0.15) is 27.0 Å². The first-order chi connectivity index (χ1) is 13.0. The average Bonchev–Trinajstić information content (AvgIpc) is 2.67. The van der Waals surface area contributed by atoms with E-state index >= 15 is 0 Å². The summed E-state index contributed by atoms with van der Waals surface area (Å²) in [6.07, 6.45) is 0.312. The number of carbonyl (C=O) groups is 2. The minimum absolute atomic E-state index is 0.0843. The van der Waals surface area contributed by atoms with Gasteiger partial charge in [0.2, 0.25) is 5.91 Å². The number of hydrogen-bond acceptors (Lipinski definition) is 2. The number of benzene rings is 3. The summed E-state index contributed by atoms with van der Waals surface area (Å²) in [7, 11) is 0. The Hall–Kier alpha value is -3.40. The maximum absolute atomic E-state index is 12.4. The van der Waals surface area contributed by atoms with E-state index in [1.807, 2.05) is 74.5 Å². The topological polar surface area (TPSA) is 58.2 Å². The zero-order chi connectivity index (χ0) is 19.2. The van der Waals surface area contributed by atoms with Gasteiger partial charge in [-0.3, -0.25) is 9.59 Å². The molecular weight excluding hydrogens is 336 g/mol. The van der Waals surface area contributed by atoms with Gasteiger partial charge in [-0.1, -0.05) is 48.5 Å². The van der Waals surface area contributed by atoms with Gasteiger partial charge in [-0.05, 0) is 54.8 Å². The quantitative estimate of drug-likeness (QED) is 0.692. The van der Waals surface area contributed by atoms with Crippen molar-refractivity contribution in [1.82, 2.24) is 0 Å². The van der Waals surface area contributed by atoms with Crippen LogP contribution in [0.4, 0.5) is 11.4 Å². The summed E-state index contributed by atoms with van der Waals surface area (Å²) in [5.74, 6) is -0.263. The smallest absolute Gasteiger partial charge is 0.255 e. The van der Waals surface area contributed by atoms with Gasteiger partial charge in [0.15, 0.2) is 0 Å². The fourth-order valence-electron chi connectivity index (χ4n) is 2.87. The van der Waals surface area contributed by atoms with Gasteiger partial charge in [0.25, 0.3) is 5.91 Å². The van der Waals surface area contributed by atoms with Crippen molar-refractivity contribution in [3.63, 3.8) is 0 Å². The SMILES string of the molecule is Cc1ccccc1CC(=O)Nc1cccc(NC(=O)c2ccccc2)c1C. The second-order valence-corrected chi connectivity index (χ2v) is 6.45. The molecule has 4 nitrogen and oxygen atoms in total. The highest BCUT2D eigenvalue weighted by molar-refractivity contribution is 6.05. The minimum Gasteiger partial charge on any atom is -0.325 e. The van der Waals surface area contributed by atoms with Crippen LogP contribution in [0.3, 0.4) is 0 Å². The summed E-state index contributed by atoms with van der Waals surface area (Å²) in [4.78, 5) is 24.8. The molecule has 0 aromatic heterocycles. The summed E-state index contributed by atoms with van der Waals surface area (Å²) in [6.45, 7) is 3.87. The van der Waals surface area contributed by atoms with Gasteiger partial charge in [-0.2, -0.15) is 0 Å². The zero-order valence-electron chi connectivity index (χ0n) is 15.5. The Labute approximate surface area is 159 Å². The van der Waals surface area contributed by atoms with Gasteiger partial charge in [0.05, 0.1) is 6.42 Å². The third-order valence-electron chi connectivity index (χ3n) is 4.50. The Bertz CT molecular complexity index is 965. The van der Waals surface area contributed by atoms with Crippen molar-refractivity contribution in [2.24, 2.45) is 0 Å². The Morgan fingerprint density at radius 1 is 0.741 bits per heavy atom. The van der Waals surface area contributed by atoms with Gasteiger partial charge in [-0.15, -0.1) is 0 Å². The highest BCUT2D eigenvalue weighted by atomic mass is 16.2. The van der Waals surface area contributed by atoms with E-state index in [2.05, 4.69) is 10.6 Å². The summed E-state index contributed by atoms with van der Waals surface area (Å²) >= 11 is 0. The van der Waals surface area contributed by atoms with Crippen LogP contribution < -0.4 is 10.6 Å². The van der Waals surface area contributed by atoms with Crippen LogP contribution >= 0.6 is 0 Å². The molecule has 0 bridgehead atoms. The van der Waals surface area contributed by atoms with Crippen molar-refractivity contribution in [2.45, 2.75) is 20.3 Å². The highest BCUT2D eigenvalue weighted by Gasteiger charge is 2.12. The third kappa shape index (κ3) is 4.61. The molecule has 27 heavy (non-hydrogen) atoms. The molecule has 0 unspecified atom stereocenters. The Morgan fingerprint density at radius 3 is 2.07 bits per heavy atom. The minimum atomic E-state index is -0.179. The maximum Gasteiger partial charge on any atom is 0.255 e. The predicted molar refractivity (Wildman–Crippen MR) is 109 cm³/mol. The average molecular weight is 358 g/mol.